The molecule has 1 saturated heterocycles. The Morgan fingerprint density at radius 3 is 2.31 bits per heavy atom. The number of aliphatic carboxylic acids is 1. The third-order valence-electron chi connectivity index (χ3n) is 4.48. The molecule has 3 atom stereocenters. The first kappa shape index (κ1) is 18.4. The fourth-order valence-corrected chi connectivity index (χ4v) is 3.14. The average molecular weight is 351 g/mol. The van der Waals surface area contributed by atoms with Gasteiger partial charge in [-0.15, -0.1) is 0 Å². The first-order valence-corrected chi connectivity index (χ1v) is 8.96. The molecule has 26 heavy (non-hydrogen) atoms. The summed E-state index contributed by atoms with van der Waals surface area (Å²) < 4.78 is 12.3. The largest absolute Gasteiger partial charge is 0.550 e. The molecule has 4 nitrogen and oxygen atoms in total. The lowest BCUT2D eigenvalue weighted by atomic mass is 9.92. The molecule has 0 radical (unpaired) electrons. The van der Waals surface area contributed by atoms with Gasteiger partial charge in [-0.3, -0.25) is 0 Å². The van der Waals surface area contributed by atoms with Crippen molar-refractivity contribution in [3.05, 3.63) is 83.9 Å². The first-order chi connectivity index (χ1) is 12.7. The number of carboxylic acid groups (broad SMARTS) is 1. The molecule has 0 aliphatic carbocycles. The van der Waals surface area contributed by atoms with Crippen LogP contribution >= 0.6 is 0 Å². The number of rotatable bonds is 7. The Morgan fingerprint density at radius 2 is 1.65 bits per heavy atom. The van der Waals surface area contributed by atoms with E-state index in [2.05, 4.69) is 12.1 Å². The maximum Gasteiger partial charge on any atom is 0.184 e. The van der Waals surface area contributed by atoms with Crippen molar-refractivity contribution in [1.29, 1.82) is 0 Å². The number of hydrogen-bond donors (Lipinski definition) is 0. The second kappa shape index (κ2) is 9.32. The van der Waals surface area contributed by atoms with Crippen LogP contribution in [0.5, 0.6) is 0 Å². The molecule has 3 rings (SSSR count). The highest BCUT2D eigenvalue weighted by Crippen LogP contribution is 2.39. The van der Waals surface area contributed by atoms with Crippen molar-refractivity contribution in [3.8, 4) is 0 Å². The van der Waals surface area contributed by atoms with Gasteiger partial charge >= 0.3 is 0 Å². The highest BCUT2D eigenvalue weighted by molar-refractivity contribution is 5.64. The summed E-state index contributed by atoms with van der Waals surface area (Å²) in [4.78, 5) is 10.5. The lowest BCUT2D eigenvalue weighted by Gasteiger charge is -2.36. The molecule has 1 aliphatic heterocycles. The quantitative estimate of drug-likeness (QED) is 0.716. The molecular weight excluding hydrogens is 328 g/mol. The van der Waals surface area contributed by atoms with Crippen molar-refractivity contribution in [2.75, 3.05) is 6.61 Å². The molecule has 0 aromatic heterocycles. The molecule has 0 amide bonds. The zero-order valence-electron chi connectivity index (χ0n) is 14.6. The van der Waals surface area contributed by atoms with Gasteiger partial charge in [0.05, 0.1) is 12.7 Å². The number of benzene rings is 2. The van der Waals surface area contributed by atoms with Crippen LogP contribution < -0.4 is 5.11 Å². The minimum atomic E-state index is -1.02. The van der Waals surface area contributed by atoms with Gasteiger partial charge in [0.25, 0.3) is 0 Å². The molecule has 136 valence electrons. The molecule has 2 aromatic carbocycles. The summed E-state index contributed by atoms with van der Waals surface area (Å²) in [5, 5.41) is 10.5. The smallest absolute Gasteiger partial charge is 0.184 e. The van der Waals surface area contributed by atoms with Crippen molar-refractivity contribution in [2.45, 2.75) is 31.7 Å². The molecule has 0 unspecified atom stereocenters. The van der Waals surface area contributed by atoms with Crippen LogP contribution in [0.4, 0.5) is 0 Å². The predicted molar refractivity (Wildman–Crippen MR) is 96.9 cm³/mol. The molecule has 2 aromatic rings. The second-order valence-corrected chi connectivity index (χ2v) is 6.42. The molecule has 4 heteroatoms. The van der Waals surface area contributed by atoms with Crippen LogP contribution in [0.15, 0.2) is 72.8 Å². The molecule has 1 fully saturated rings. The van der Waals surface area contributed by atoms with Gasteiger partial charge < -0.3 is 19.4 Å². The number of carbonyl (C=O) groups excluding carboxylic acids is 1. The summed E-state index contributed by atoms with van der Waals surface area (Å²) in [5.74, 6) is -0.844. The number of ether oxygens (including phenoxy) is 2. The zero-order valence-corrected chi connectivity index (χ0v) is 14.6. The maximum atomic E-state index is 10.5. The summed E-state index contributed by atoms with van der Waals surface area (Å²) in [6.07, 6.45) is 4.76. The van der Waals surface area contributed by atoms with E-state index in [1.807, 2.05) is 60.7 Å². The van der Waals surface area contributed by atoms with Crippen molar-refractivity contribution < 1.29 is 19.4 Å². The molecule has 0 saturated carbocycles. The molecule has 0 N–H and O–H groups in total. The van der Waals surface area contributed by atoms with Crippen LogP contribution in [-0.2, 0) is 14.3 Å². The van der Waals surface area contributed by atoms with Crippen LogP contribution in [0.3, 0.4) is 0 Å². The van der Waals surface area contributed by atoms with Crippen LogP contribution in [0.2, 0.25) is 0 Å². The SMILES string of the molecule is O=C([O-])CC/C=C\C[C@@H]1CO[C@H](c2ccccc2)O[C@@H]1c1ccccc1. The Bertz CT molecular complexity index is 711. The van der Waals surface area contributed by atoms with Crippen molar-refractivity contribution in [2.24, 2.45) is 5.92 Å². The number of allylic oxidation sites excluding steroid dienone is 2. The topological polar surface area (TPSA) is 58.6 Å². The summed E-state index contributed by atoms with van der Waals surface area (Å²) in [7, 11) is 0. The average Bonchev–Trinajstić information content (AvgIpc) is 2.69. The Balaban J connectivity index is 1.69. The van der Waals surface area contributed by atoms with Gasteiger partial charge in [-0.1, -0.05) is 72.8 Å². The van der Waals surface area contributed by atoms with Crippen LogP contribution in [0.25, 0.3) is 0 Å². The van der Waals surface area contributed by atoms with E-state index < -0.39 is 5.97 Å². The third-order valence-corrected chi connectivity index (χ3v) is 4.48. The van der Waals surface area contributed by atoms with E-state index in [-0.39, 0.29) is 24.7 Å². The van der Waals surface area contributed by atoms with Crippen molar-refractivity contribution in [3.63, 3.8) is 0 Å². The van der Waals surface area contributed by atoms with Crippen molar-refractivity contribution in [1.82, 2.24) is 0 Å². The number of hydrogen-bond acceptors (Lipinski definition) is 4. The van der Waals surface area contributed by atoms with Crippen molar-refractivity contribution >= 4 is 5.97 Å². The Hall–Kier alpha value is -2.43. The van der Waals surface area contributed by atoms with E-state index in [1.165, 1.54) is 0 Å². The van der Waals surface area contributed by atoms with E-state index in [0.29, 0.717) is 13.0 Å². The lowest BCUT2D eigenvalue weighted by molar-refractivity contribution is -0.305. The van der Waals surface area contributed by atoms with E-state index in [1.54, 1.807) is 0 Å². The fourth-order valence-electron chi connectivity index (χ4n) is 3.14. The minimum Gasteiger partial charge on any atom is -0.550 e. The summed E-state index contributed by atoms with van der Waals surface area (Å²) in [6, 6.07) is 20.1. The molecule has 0 bridgehead atoms. The standard InChI is InChI=1S/C22H24O4/c23-20(24)15-9-3-8-14-19-16-25-22(18-12-6-2-7-13-18)26-21(19)17-10-4-1-5-11-17/h1-8,10-13,19,21-22H,9,14-16H2,(H,23,24)/p-1/b8-3-/t19-,21-,22+/m1/s1. The molecule has 0 spiro atoms. The van der Waals surface area contributed by atoms with Gasteiger partial charge in [-0.2, -0.15) is 0 Å². The Labute approximate surface area is 154 Å². The molecular formula is C22H23O4-. The Morgan fingerprint density at radius 1 is 1.00 bits per heavy atom. The molecule has 1 aliphatic rings. The van der Waals surface area contributed by atoms with E-state index in [9.17, 15) is 9.90 Å². The fraction of sp³-hybridized carbons (Fsp3) is 0.318. The van der Waals surface area contributed by atoms with E-state index >= 15 is 0 Å². The summed E-state index contributed by atoms with van der Waals surface area (Å²) >= 11 is 0. The highest BCUT2D eigenvalue weighted by Gasteiger charge is 2.33. The van der Waals surface area contributed by atoms with E-state index in [4.69, 9.17) is 9.47 Å². The predicted octanol–water partition coefficient (Wildman–Crippen LogP) is 3.57. The van der Waals surface area contributed by atoms with E-state index in [0.717, 1.165) is 17.5 Å². The van der Waals surface area contributed by atoms with Gasteiger partial charge in [-0.05, 0) is 24.8 Å². The van der Waals surface area contributed by atoms with Gasteiger partial charge in [0.15, 0.2) is 6.29 Å². The van der Waals surface area contributed by atoms with Gasteiger partial charge in [0, 0.05) is 17.5 Å². The zero-order chi connectivity index (χ0) is 18.2. The number of carbonyl (C=O) groups is 1. The third kappa shape index (κ3) is 5.04. The highest BCUT2D eigenvalue weighted by atomic mass is 16.7. The van der Waals surface area contributed by atoms with Crippen LogP contribution in [0.1, 0.15) is 42.8 Å². The van der Waals surface area contributed by atoms with Gasteiger partial charge in [0.2, 0.25) is 0 Å². The Kier molecular flexibility index (Phi) is 6.58. The first-order valence-electron chi connectivity index (χ1n) is 8.96. The summed E-state index contributed by atoms with van der Waals surface area (Å²) in [5.41, 5.74) is 2.14. The maximum absolute atomic E-state index is 10.5. The van der Waals surface area contributed by atoms with Gasteiger partial charge in [-0.25, -0.2) is 0 Å². The second-order valence-electron chi connectivity index (χ2n) is 6.42. The monoisotopic (exact) mass is 351 g/mol. The normalized spacial score (nSPS) is 23.2. The van der Waals surface area contributed by atoms with Crippen LogP contribution in [0, 0.1) is 5.92 Å². The van der Waals surface area contributed by atoms with Gasteiger partial charge in [0.1, 0.15) is 0 Å². The van der Waals surface area contributed by atoms with Crippen LogP contribution in [-0.4, -0.2) is 12.6 Å². The molecule has 1 heterocycles. The summed E-state index contributed by atoms with van der Waals surface area (Å²) in [6.45, 7) is 0.587. The number of carboxylic acids is 1. The minimum absolute atomic E-state index is 0.0480. The lowest BCUT2D eigenvalue weighted by Crippen LogP contribution is -2.30.